The Labute approximate surface area is 177 Å². The van der Waals surface area contributed by atoms with E-state index < -0.39 is 11.7 Å². The molecule has 0 aromatic heterocycles. The number of hydrogen-bond donors (Lipinski definition) is 0. The van der Waals surface area contributed by atoms with E-state index >= 15 is 0 Å². The summed E-state index contributed by atoms with van der Waals surface area (Å²) in [6, 6.07) is 13.5. The lowest BCUT2D eigenvalue weighted by molar-refractivity contribution is -0.137. The van der Waals surface area contributed by atoms with Gasteiger partial charge in [-0.15, -0.1) is 0 Å². The Morgan fingerprint density at radius 2 is 1.33 bits per heavy atom. The molecule has 0 saturated heterocycles. The van der Waals surface area contributed by atoms with E-state index in [1.807, 2.05) is 12.1 Å². The predicted octanol–water partition coefficient (Wildman–Crippen LogP) is 7.82. The normalized spacial score (nSPS) is 26.4. The van der Waals surface area contributed by atoms with E-state index in [0.29, 0.717) is 11.5 Å². The summed E-state index contributed by atoms with van der Waals surface area (Å²) in [4.78, 5) is 0. The maximum Gasteiger partial charge on any atom is 0.416 e. The number of halogens is 3. The standard InChI is InChI=1S/C27H29F3/c1-2-19-5-12-25-18-24(14-13-23(25)17-19)22-10-6-20(7-11-22)3-4-21-8-15-26(16-9-21)27(28,29)30/h6-11,15-16,19,23-25H,2,5,12-14,17-18H2,1H3/t19?,23-,24-,25-/m1/s1. The van der Waals surface area contributed by atoms with E-state index in [2.05, 4.69) is 30.9 Å². The Bertz CT molecular complexity index is 896. The van der Waals surface area contributed by atoms with E-state index in [-0.39, 0.29) is 0 Å². The second kappa shape index (κ2) is 8.88. The molecule has 0 spiro atoms. The van der Waals surface area contributed by atoms with Gasteiger partial charge >= 0.3 is 6.18 Å². The van der Waals surface area contributed by atoms with Gasteiger partial charge in [0.1, 0.15) is 0 Å². The van der Waals surface area contributed by atoms with Crippen molar-refractivity contribution in [3.63, 3.8) is 0 Å². The Morgan fingerprint density at radius 3 is 1.93 bits per heavy atom. The van der Waals surface area contributed by atoms with Crippen molar-refractivity contribution in [3.05, 3.63) is 70.8 Å². The highest BCUT2D eigenvalue weighted by Gasteiger charge is 2.35. The van der Waals surface area contributed by atoms with Crippen LogP contribution in [0.1, 0.15) is 80.0 Å². The van der Waals surface area contributed by atoms with Crippen molar-refractivity contribution in [1.29, 1.82) is 0 Å². The van der Waals surface area contributed by atoms with E-state index in [0.717, 1.165) is 35.4 Å². The molecular weight excluding hydrogens is 381 g/mol. The highest BCUT2D eigenvalue weighted by atomic mass is 19.4. The number of benzene rings is 2. The molecule has 1 unspecified atom stereocenters. The second-order valence-electron chi connectivity index (χ2n) is 9.06. The number of fused-ring (bicyclic) bond motifs is 1. The summed E-state index contributed by atoms with van der Waals surface area (Å²) >= 11 is 0. The first-order valence-corrected chi connectivity index (χ1v) is 11.2. The average Bonchev–Trinajstić information content (AvgIpc) is 2.77. The van der Waals surface area contributed by atoms with Crippen LogP contribution in [0.2, 0.25) is 0 Å². The van der Waals surface area contributed by atoms with Crippen molar-refractivity contribution < 1.29 is 13.2 Å². The van der Waals surface area contributed by atoms with Crippen molar-refractivity contribution in [2.75, 3.05) is 0 Å². The maximum absolute atomic E-state index is 12.7. The Balaban J connectivity index is 1.38. The van der Waals surface area contributed by atoms with Crippen LogP contribution in [0.25, 0.3) is 0 Å². The minimum Gasteiger partial charge on any atom is -0.166 e. The molecule has 4 rings (SSSR count). The van der Waals surface area contributed by atoms with Crippen LogP contribution in [-0.2, 0) is 6.18 Å². The molecule has 158 valence electrons. The third-order valence-corrected chi connectivity index (χ3v) is 7.24. The molecule has 0 radical (unpaired) electrons. The molecule has 2 aromatic carbocycles. The third kappa shape index (κ3) is 4.91. The molecule has 2 aromatic rings. The van der Waals surface area contributed by atoms with Crippen molar-refractivity contribution >= 4 is 0 Å². The van der Waals surface area contributed by atoms with E-state index in [1.165, 1.54) is 62.6 Å². The van der Waals surface area contributed by atoms with E-state index in [4.69, 9.17) is 0 Å². The van der Waals surface area contributed by atoms with Crippen molar-refractivity contribution in [3.8, 4) is 11.8 Å². The summed E-state index contributed by atoms with van der Waals surface area (Å²) in [7, 11) is 0. The Hall–Kier alpha value is -2.21. The van der Waals surface area contributed by atoms with Crippen LogP contribution in [0.4, 0.5) is 13.2 Å². The summed E-state index contributed by atoms with van der Waals surface area (Å²) in [5.41, 5.74) is 2.25. The molecule has 0 heterocycles. The molecule has 0 bridgehead atoms. The fourth-order valence-corrected chi connectivity index (χ4v) is 5.39. The zero-order valence-electron chi connectivity index (χ0n) is 17.5. The third-order valence-electron chi connectivity index (χ3n) is 7.24. The molecule has 2 fully saturated rings. The first kappa shape index (κ1) is 21.0. The lowest BCUT2D eigenvalue weighted by Crippen LogP contribution is -2.30. The second-order valence-corrected chi connectivity index (χ2v) is 9.06. The lowest BCUT2D eigenvalue weighted by atomic mass is 9.63. The summed E-state index contributed by atoms with van der Waals surface area (Å²) in [5.74, 6) is 9.48. The number of alkyl halides is 3. The van der Waals surface area contributed by atoms with Crippen LogP contribution in [0.3, 0.4) is 0 Å². The molecule has 3 heteroatoms. The van der Waals surface area contributed by atoms with Gasteiger partial charge in [0.25, 0.3) is 0 Å². The largest absolute Gasteiger partial charge is 0.416 e. The highest BCUT2D eigenvalue weighted by Crippen LogP contribution is 2.48. The van der Waals surface area contributed by atoms with Gasteiger partial charge < -0.3 is 0 Å². The van der Waals surface area contributed by atoms with Crippen LogP contribution < -0.4 is 0 Å². The summed E-state index contributed by atoms with van der Waals surface area (Å²) < 4.78 is 38.0. The van der Waals surface area contributed by atoms with Gasteiger partial charge in [0.2, 0.25) is 0 Å². The molecule has 0 aliphatic heterocycles. The molecule has 2 aliphatic carbocycles. The van der Waals surface area contributed by atoms with Gasteiger partial charge in [-0.2, -0.15) is 13.2 Å². The fourth-order valence-electron chi connectivity index (χ4n) is 5.39. The van der Waals surface area contributed by atoms with Gasteiger partial charge in [0.05, 0.1) is 5.56 Å². The van der Waals surface area contributed by atoms with Gasteiger partial charge in [-0.25, -0.2) is 0 Å². The highest BCUT2D eigenvalue weighted by molar-refractivity contribution is 5.44. The van der Waals surface area contributed by atoms with Gasteiger partial charge in [0, 0.05) is 11.1 Å². The molecule has 0 amide bonds. The van der Waals surface area contributed by atoms with Crippen LogP contribution in [0, 0.1) is 29.6 Å². The van der Waals surface area contributed by atoms with Crippen molar-refractivity contribution in [2.45, 2.75) is 64.0 Å². The summed E-state index contributed by atoms with van der Waals surface area (Å²) in [6.45, 7) is 2.33. The topological polar surface area (TPSA) is 0 Å². The van der Waals surface area contributed by atoms with Crippen molar-refractivity contribution in [1.82, 2.24) is 0 Å². The van der Waals surface area contributed by atoms with E-state index in [1.54, 1.807) is 0 Å². The quantitative estimate of drug-likeness (QED) is 0.443. The van der Waals surface area contributed by atoms with Crippen LogP contribution in [-0.4, -0.2) is 0 Å². The predicted molar refractivity (Wildman–Crippen MR) is 115 cm³/mol. The lowest BCUT2D eigenvalue weighted by Gasteiger charge is -2.42. The molecule has 0 N–H and O–H groups in total. The SMILES string of the molecule is CCC1CC[C@@H]2C[C@H](c3ccc(C#Cc4ccc(C(F)(F)F)cc4)cc3)CC[C@@H]2C1. The molecule has 2 saturated carbocycles. The fraction of sp³-hybridized carbons (Fsp3) is 0.481. The first-order valence-electron chi connectivity index (χ1n) is 11.2. The van der Waals surface area contributed by atoms with Gasteiger partial charge in [-0.05, 0) is 97.7 Å². The van der Waals surface area contributed by atoms with Gasteiger partial charge in [0.15, 0.2) is 0 Å². The zero-order chi connectivity index (χ0) is 21.1. The number of rotatable bonds is 2. The minimum atomic E-state index is -4.31. The summed E-state index contributed by atoms with van der Waals surface area (Å²) in [6.07, 6.45) is 5.23. The first-order chi connectivity index (χ1) is 14.4. The van der Waals surface area contributed by atoms with Crippen molar-refractivity contribution in [2.24, 2.45) is 17.8 Å². The van der Waals surface area contributed by atoms with Gasteiger partial charge in [-0.3, -0.25) is 0 Å². The summed E-state index contributed by atoms with van der Waals surface area (Å²) in [5, 5.41) is 0. The van der Waals surface area contributed by atoms with Crippen LogP contribution in [0.15, 0.2) is 48.5 Å². The molecule has 0 nitrogen and oxygen atoms in total. The molecule has 2 aliphatic rings. The average molecular weight is 411 g/mol. The number of hydrogen-bond acceptors (Lipinski definition) is 0. The molecule has 4 atom stereocenters. The van der Waals surface area contributed by atoms with E-state index in [9.17, 15) is 13.2 Å². The van der Waals surface area contributed by atoms with Gasteiger partial charge in [-0.1, -0.05) is 43.7 Å². The molecule has 30 heavy (non-hydrogen) atoms. The minimum absolute atomic E-state index is 0.591. The Morgan fingerprint density at radius 1 is 0.767 bits per heavy atom. The molecular formula is C27H29F3. The maximum atomic E-state index is 12.7. The van der Waals surface area contributed by atoms with Crippen LogP contribution >= 0.6 is 0 Å². The Kier molecular flexibility index (Phi) is 6.23. The van der Waals surface area contributed by atoms with Crippen LogP contribution in [0.5, 0.6) is 0 Å². The smallest absolute Gasteiger partial charge is 0.166 e. The zero-order valence-corrected chi connectivity index (χ0v) is 17.5. The monoisotopic (exact) mass is 410 g/mol.